The lowest BCUT2D eigenvalue weighted by molar-refractivity contribution is -0.118. The summed E-state index contributed by atoms with van der Waals surface area (Å²) in [7, 11) is 2.12. The van der Waals surface area contributed by atoms with Crippen LogP contribution in [0.2, 0.25) is 0 Å². The van der Waals surface area contributed by atoms with E-state index in [-0.39, 0.29) is 18.4 Å². The van der Waals surface area contributed by atoms with E-state index < -0.39 is 0 Å². The van der Waals surface area contributed by atoms with E-state index in [9.17, 15) is 9.59 Å². The second-order valence-electron chi connectivity index (χ2n) is 8.90. The minimum Gasteiger partial charge on any atom is -0.482 e. The normalized spacial score (nSPS) is 15.0. The summed E-state index contributed by atoms with van der Waals surface area (Å²) in [5, 5.41) is 9.25. The molecule has 3 aromatic carbocycles. The zero-order chi connectivity index (χ0) is 23.5. The van der Waals surface area contributed by atoms with Gasteiger partial charge in [-0.15, -0.1) is 0 Å². The van der Waals surface area contributed by atoms with E-state index in [4.69, 9.17) is 4.74 Å². The first-order valence-electron chi connectivity index (χ1n) is 11.5. The third kappa shape index (κ3) is 5.11. The molecular weight excluding hydrogens is 428 g/mol. The lowest BCUT2D eigenvalue weighted by atomic mass is 9.99. The van der Waals surface area contributed by atoms with Crippen LogP contribution in [-0.2, 0) is 30.8 Å². The second kappa shape index (κ2) is 9.67. The SMILES string of the molecule is CN1CCc2ccc(NC(=O)c3cccc(CNCc4ccc5c(c4)OCC(=O)N5)c3)cc2C1. The first-order valence-corrected chi connectivity index (χ1v) is 11.5. The van der Waals surface area contributed by atoms with Gasteiger partial charge in [0, 0.05) is 37.4 Å². The second-order valence-corrected chi connectivity index (χ2v) is 8.90. The molecular formula is C27H28N4O3. The van der Waals surface area contributed by atoms with Crippen LogP contribution in [0.15, 0.2) is 60.7 Å². The number of likely N-dealkylation sites (N-methyl/N-ethyl adjacent to an activating group) is 1. The van der Waals surface area contributed by atoms with Gasteiger partial charge in [0.2, 0.25) is 0 Å². The van der Waals surface area contributed by atoms with Crippen LogP contribution in [0.1, 0.15) is 32.6 Å². The molecule has 0 saturated heterocycles. The van der Waals surface area contributed by atoms with Crippen LogP contribution in [0.4, 0.5) is 11.4 Å². The monoisotopic (exact) mass is 456 g/mol. The molecule has 3 N–H and O–H groups in total. The van der Waals surface area contributed by atoms with Crippen molar-refractivity contribution in [3.8, 4) is 5.75 Å². The molecule has 0 atom stereocenters. The lowest BCUT2D eigenvalue weighted by Gasteiger charge is -2.25. The largest absolute Gasteiger partial charge is 0.482 e. The van der Waals surface area contributed by atoms with E-state index >= 15 is 0 Å². The number of ether oxygens (including phenoxy) is 1. The Morgan fingerprint density at radius 3 is 2.76 bits per heavy atom. The Bertz CT molecular complexity index is 1240. The molecule has 2 amide bonds. The first kappa shape index (κ1) is 22.1. The van der Waals surface area contributed by atoms with Crippen LogP contribution >= 0.6 is 0 Å². The van der Waals surface area contributed by atoms with Gasteiger partial charge >= 0.3 is 0 Å². The molecule has 34 heavy (non-hydrogen) atoms. The molecule has 7 nitrogen and oxygen atoms in total. The fraction of sp³-hybridized carbons (Fsp3) is 0.259. The molecule has 174 valence electrons. The topological polar surface area (TPSA) is 82.7 Å². The van der Waals surface area contributed by atoms with Gasteiger partial charge in [-0.3, -0.25) is 9.59 Å². The summed E-state index contributed by atoms with van der Waals surface area (Å²) in [5.41, 5.74) is 6.88. The van der Waals surface area contributed by atoms with E-state index in [0.29, 0.717) is 30.1 Å². The number of fused-ring (bicyclic) bond motifs is 2. The van der Waals surface area contributed by atoms with Crippen LogP contribution in [0.25, 0.3) is 0 Å². The third-order valence-corrected chi connectivity index (χ3v) is 6.19. The number of nitrogens with one attached hydrogen (secondary N) is 3. The molecule has 0 radical (unpaired) electrons. The molecule has 0 unspecified atom stereocenters. The van der Waals surface area contributed by atoms with Crippen LogP contribution in [0.5, 0.6) is 5.75 Å². The molecule has 7 heteroatoms. The Kier molecular flexibility index (Phi) is 6.29. The maximum atomic E-state index is 12.9. The van der Waals surface area contributed by atoms with E-state index in [2.05, 4.69) is 40.0 Å². The van der Waals surface area contributed by atoms with Crippen LogP contribution in [0, 0.1) is 0 Å². The van der Waals surface area contributed by atoms with Crippen molar-refractivity contribution < 1.29 is 14.3 Å². The Labute approximate surface area is 199 Å². The van der Waals surface area contributed by atoms with Crippen LogP contribution in [-0.4, -0.2) is 36.9 Å². The standard InChI is InChI=1S/C27H28N4O3/c1-31-10-9-20-6-7-23(13-22(20)16-31)29-27(33)21-4-2-3-18(11-21)14-28-15-19-5-8-24-25(12-19)34-17-26(32)30-24/h2-8,11-13,28H,9-10,14-17H2,1H3,(H,29,33)(H,30,32). The van der Waals surface area contributed by atoms with Crippen molar-refractivity contribution in [2.24, 2.45) is 0 Å². The summed E-state index contributed by atoms with van der Waals surface area (Å²) < 4.78 is 5.48. The number of benzene rings is 3. The highest BCUT2D eigenvalue weighted by Gasteiger charge is 2.16. The molecule has 2 aliphatic heterocycles. The molecule has 0 bridgehead atoms. The van der Waals surface area contributed by atoms with Gasteiger partial charge in [-0.05, 0) is 72.1 Å². The third-order valence-electron chi connectivity index (χ3n) is 6.19. The summed E-state index contributed by atoms with van der Waals surface area (Å²) in [6.07, 6.45) is 1.05. The van der Waals surface area contributed by atoms with Crippen LogP contribution < -0.4 is 20.7 Å². The zero-order valence-corrected chi connectivity index (χ0v) is 19.2. The number of amides is 2. The molecule has 0 spiro atoms. The average Bonchev–Trinajstić information content (AvgIpc) is 2.84. The van der Waals surface area contributed by atoms with Gasteiger partial charge in [0.15, 0.2) is 6.61 Å². The fourth-order valence-electron chi connectivity index (χ4n) is 4.38. The summed E-state index contributed by atoms with van der Waals surface area (Å²) >= 11 is 0. The molecule has 2 aliphatic rings. The Morgan fingerprint density at radius 1 is 1.03 bits per heavy atom. The van der Waals surface area contributed by atoms with Crippen molar-refractivity contribution in [1.29, 1.82) is 0 Å². The van der Waals surface area contributed by atoms with Gasteiger partial charge in [0.05, 0.1) is 5.69 Å². The van der Waals surface area contributed by atoms with Gasteiger partial charge in [-0.1, -0.05) is 24.3 Å². The highest BCUT2D eigenvalue weighted by Crippen LogP contribution is 2.28. The lowest BCUT2D eigenvalue weighted by Crippen LogP contribution is -2.26. The maximum Gasteiger partial charge on any atom is 0.262 e. The Morgan fingerprint density at radius 2 is 1.88 bits per heavy atom. The number of carbonyl (C=O) groups excluding carboxylic acids is 2. The summed E-state index contributed by atoms with van der Waals surface area (Å²) in [5.74, 6) is 0.438. The minimum atomic E-state index is -0.137. The smallest absolute Gasteiger partial charge is 0.262 e. The van der Waals surface area contributed by atoms with E-state index in [1.54, 1.807) is 0 Å². The van der Waals surface area contributed by atoms with Gasteiger partial charge in [0.1, 0.15) is 5.75 Å². The van der Waals surface area contributed by atoms with Crippen molar-refractivity contribution >= 4 is 23.2 Å². The molecule has 0 aliphatic carbocycles. The zero-order valence-electron chi connectivity index (χ0n) is 19.2. The molecule has 5 rings (SSSR count). The maximum absolute atomic E-state index is 12.9. The number of hydrogen-bond donors (Lipinski definition) is 3. The predicted octanol–water partition coefficient (Wildman–Crippen LogP) is 3.55. The van der Waals surface area contributed by atoms with Gasteiger partial charge in [0.25, 0.3) is 11.8 Å². The summed E-state index contributed by atoms with van der Waals surface area (Å²) in [4.78, 5) is 26.6. The quantitative estimate of drug-likeness (QED) is 0.529. The highest BCUT2D eigenvalue weighted by molar-refractivity contribution is 6.04. The molecule has 2 heterocycles. The first-order chi connectivity index (χ1) is 16.5. The molecule has 0 aromatic heterocycles. The molecule has 0 saturated carbocycles. The fourth-order valence-corrected chi connectivity index (χ4v) is 4.38. The van der Waals surface area contributed by atoms with Crippen molar-refractivity contribution in [2.45, 2.75) is 26.1 Å². The minimum absolute atomic E-state index is 0.0429. The molecule has 3 aromatic rings. The number of hydrogen-bond acceptors (Lipinski definition) is 5. The van der Waals surface area contributed by atoms with Gasteiger partial charge < -0.3 is 25.6 Å². The predicted molar refractivity (Wildman–Crippen MR) is 132 cm³/mol. The summed E-state index contributed by atoms with van der Waals surface area (Å²) in [6.45, 7) is 3.29. The van der Waals surface area contributed by atoms with Crippen molar-refractivity contribution in [1.82, 2.24) is 10.2 Å². The van der Waals surface area contributed by atoms with Crippen molar-refractivity contribution in [2.75, 3.05) is 30.8 Å². The van der Waals surface area contributed by atoms with E-state index in [1.165, 1.54) is 11.1 Å². The number of carbonyl (C=O) groups is 2. The van der Waals surface area contributed by atoms with Crippen LogP contribution in [0.3, 0.4) is 0 Å². The van der Waals surface area contributed by atoms with Crippen molar-refractivity contribution in [3.63, 3.8) is 0 Å². The molecule has 0 fully saturated rings. The Hall–Kier alpha value is -3.68. The van der Waals surface area contributed by atoms with E-state index in [0.717, 1.165) is 36.3 Å². The Balaban J connectivity index is 1.18. The van der Waals surface area contributed by atoms with Gasteiger partial charge in [-0.2, -0.15) is 0 Å². The van der Waals surface area contributed by atoms with E-state index in [1.807, 2.05) is 48.5 Å². The van der Waals surface area contributed by atoms with Crippen molar-refractivity contribution in [3.05, 3.63) is 88.5 Å². The number of nitrogens with zero attached hydrogens (tertiary/aromatic N) is 1. The number of rotatable bonds is 6. The summed E-state index contributed by atoms with van der Waals surface area (Å²) in [6, 6.07) is 19.6. The van der Waals surface area contributed by atoms with Gasteiger partial charge in [-0.25, -0.2) is 0 Å². The highest BCUT2D eigenvalue weighted by atomic mass is 16.5. The number of anilines is 2. The average molecular weight is 457 g/mol.